The number of rotatable bonds is 4. The molecule has 6 heteroatoms. The maximum Gasteiger partial charge on any atom is 0.317 e. The first-order valence-electron chi connectivity index (χ1n) is 8.95. The van der Waals surface area contributed by atoms with Crippen LogP contribution in [0.3, 0.4) is 0 Å². The van der Waals surface area contributed by atoms with Crippen molar-refractivity contribution < 1.29 is 4.79 Å². The number of pyridine rings is 1. The molecule has 2 amide bonds. The maximum atomic E-state index is 12.5. The van der Waals surface area contributed by atoms with E-state index < -0.39 is 0 Å². The van der Waals surface area contributed by atoms with Gasteiger partial charge in [0.25, 0.3) is 0 Å². The van der Waals surface area contributed by atoms with Crippen LogP contribution >= 0.6 is 11.8 Å². The third kappa shape index (κ3) is 4.86. The lowest BCUT2D eigenvalue weighted by Gasteiger charge is -2.36. The third-order valence-corrected chi connectivity index (χ3v) is 6.15. The van der Waals surface area contributed by atoms with Crippen molar-refractivity contribution >= 4 is 17.8 Å². The van der Waals surface area contributed by atoms with Gasteiger partial charge >= 0.3 is 6.03 Å². The first kappa shape index (κ1) is 17.5. The van der Waals surface area contributed by atoms with Gasteiger partial charge in [-0.2, -0.15) is 11.8 Å². The Labute approximate surface area is 149 Å². The van der Waals surface area contributed by atoms with Crippen molar-refractivity contribution in [1.82, 2.24) is 20.1 Å². The first-order valence-corrected chi connectivity index (χ1v) is 10.2. The van der Waals surface area contributed by atoms with E-state index in [1.54, 1.807) is 0 Å². The molecule has 2 aliphatic rings. The summed E-state index contributed by atoms with van der Waals surface area (Å²) in [5.74, 6) is 0. The van der Waals surface area contributed by atoms with Gasteiger partial charge in [0.1, 0.15) is 0 Å². The Kier molecular flexibility index (Phi) is 6.37. The molecule has 5 nitrogen and oxygen atoms in total. The van der Waals surface area contributed by atoms with Crippen LogP contribution < -0.4 is 5.32 Å². The fourth-order valence-electron chi connectivity index (χ4n) is 3.59. The van der Waals surface area contributed by atoms with Crippen molar-refractivity contribution in [3.05, 3.63) is 30.1 Å². The molecule has 0 unspecified atom stereocenters. The van der Waals surface area contributed by atoms with Crippen LogP contribution in [0.2, 0.25) is 0 Å². The van der Waals surface area contributed by atoms with Gasteiger partial charge in [-0.1, -0.05) is 12.5 Å². The number of nitrogens with one attached hydrogen (secondary N) is 1. The summed E-state index contributed by atoms with van der Waals surface area (Å²) in [5.41, 5.74) is 1.10. The number of thioether (sulfide) groups is 1. The summed E-state index contributed by atoms with van der Waals surface area (Å²) < 4.78 is 0. The highest BCUT2D eigenvalue weighted by Gasteiger charge is 2.26. The summed E-state index contributed by atoms with van der Waals surface area (Å²) in [6.45, 7) is 4.31. The molecule has 2 heterocycles. The van der Waals surface area contributed by atoms with Crippen molar-refractivity contribution in [2.24, 2.45) is 0 Å². The Hall–Kier alpha value is -1.27. The molecule has 0 radical (unpaired) electrons. The van der Waals surface area contributed by atoms with Crippen LogP contribution in [0.4, 0.5) is 4.79 Å². The lowest BCUT2D eigenvalue weighted by molar-refractivity contribution is 0.131. The number of hydrogen-bond acceptors (Lipinski definition) is 4. The maximum absolute atomic E-state index is 12.5. The summed E-state index contributed by atoms with van der Waals surface area (Å²) >= 11 is 1.94. The van der Waals surface area contributed by atoms with E-state index in [0.29, 0.717) is 11.3 Å². The minimum absolute atomic E-state index is 0.124. The van der Waals surface area contributed by atoms with Gasteiger partial charge < -0.3 is 10.2 Å². The lowest BCUT2D eigenvalue weighted by atomic mass is 9.95. The predicted octanol–water partition coefficient (Wildman–Crippen LogP) is 2.58. The molecule has 1 aliphatic carbocycles. The second-order valence-corrected chi connectivity index (χ2v) is 7.89. The van der Waals surface area contributed by atoms with Gasteiger partial charge in [-0.3, -0.25) is 9.88 Å². The summed E-state index contributed by atoms with van der Waals surface area (Å²) in [4.78, 5) is 21.2. The molecule has 1 N–H and O–H groups in total. The van der Waals surface area contributed by atoms with Crippen LogP contribution in [0.25, 0.3) is 0 Å². The number of piperazine rings is 1. The number of aromatic nitrogens is 1. The summed E-state index contributed by atoms with van der Waals surface area (Å²) in [6.07, 6.45) is 8.78. The molecule has 1 saturated heterocycles. The van der Waals surface area contributed by atoms with Gasteiger partial charge in [-0.05, 0) is 37.7 Å². The minimum Gasteiger partial charge on any atom is -0.335 e. The standard InChI is InChI=1S/C18H28N4OS/c1-24-17-7-4-6-15(13-17)20-18(23)22-11-9-21(10-12-22)14-16-5-2-3-8-19-16/h2-3,5,8,15,17H,4,6-7,9-14H2,1H3,(H,20,23)/t15-,17-/m0/s1. The molecule has 0 spiro atoms. The van der Waals surface area contributed by atoms with Crippen molar-refractivity contribution in [1.29, 1.82) is 0 Å². The number of carbonyl (C=O) groups is 1. The van der Waals surface area contributed by atoms with E-state index in [9.17, 15) is 4.79 Å². The SMILES string of the molecule is CS[C@H]1CCC[C@H](NC(=O)N2CCN(Cc3ccccn3)CC2)C1. The Morgan fingerprint density at radius 3 is 2.83 bits per heavy atom. The molecular weight excluding hydrogens is 320 g/mol. The Morgan fingerprint density at radius 2 is 2.12 bits per heavy atom. The molecule has 1 aromatic rings. The molecule has 3 rings (SSSR count). The summed E-state index contributed by atoms with van der Waals surface area (Å²) in [5, 5.41) is 3.97. The van der Waals surface area contributed by atoms with Crippen molar-refractivity contribution in [3.8, 4) is 0 Å². The zero-order valence-electron chi connectivity index (χ0n) is 14.5. The Bertz CT molecular complexity index is 519. The highest BCUT2D eigenvalue weighted by Crippen LogP contribution is 2.27. The Morgan fingerprint density at radius 1 is 1.29 bits per heavy atom. The topological polar surface area (TPSA) is 48.5 Å². The number of hydrogen-bond donors (Lipinski definition) is 1. The molecule has 2 fully saturated rings. The van der Waals surface area contributed by atoms with Gasteiger partial charge in [-0.15, -0.1) is 0 Å². The fourth-order valence-corrected chi connectivity index (χ4v) is 4.41. The van der Waals surface area contributed by atoms with Crippen LogP contribution in [0.1, 0.15) is 31.4 Å². The fraction of sp³-hybridized carbons (Fsp3) is 0.667. The van der Waals surface area contributed by atoms with Gasteiger partial charge in [0.15, 0.2) is 0 Å². The average Bonchev–Trinajstić information content (AvgIpc) is 2.63. The van der Waals surface area contributed by atoms with Crippen molar-refractivity contribution in [2.75, 3.05) is 32.4 Å². The molecule has 1 aliphatic heterocycles. The smallest absolute Gasteiger partial charge is 0.317 e. The van der Waals surface area contributed by atoms with Crippen LogP contribution in [0.15, 0.2) is 24.4 Å². The number of nitrogens with zero attached hydrogens (tertiary/aromatic N) is 3. The second kappa shape index (κ2) is 8.72. The lowest BCUT2D eigenvalue weighted by Crippen LogP contribution is -2.53. The number of amides is 2. The van der Waals surface area contributed by atoms with Crippen LogP contribution in [0.5, 0.6) is 0 Å². The van der Waals surface area contributed by atoms with E-state index in [1.165, 1.54) is 12.8 Å². The monoisotopic (exact) mass is 348 g/mol. The normalized spacial score (nSPS) is 25.5. The summed E-state index contributed by atoms with van der Waals surface area (Å²) in [6, 6.07) is 6.51. The molecule has 0 bridgehead atoms. The molecule has 1 saturated carbocycles. The first-order chi connectivity index (χ1) is 11.7. The average molecular weight is 349 g/mol. The van der Waals surface area contributed by atoms with Crippen molar-refractivity contribution in [3.63, 3.8) is 0 Å². The van der Waals surface area contributed by atoms with Crippen molar-refractivity contribution in [2.45, 2.75) is 43.5 Å². The van der Waals surface area contributed by atoms with E-state index in [1.807, 2.05) is 35.0 Å². The van der Waals surface area contributed by atoms with E-state index >= 15 is 0 Å². The highest BCUT2D eigenvalue weighted by atomic mass is 32.2. The zero-order valence-corrected chi connectivity index (χ0v) is 15.3. The molecule has 0 aromatic carbocycles. The Balaban J connectivity index is 1.42. The predicted molar refractivity (Wildman–Crippen MR) is 99.2 cm³/mol. The van der Waals surface area contributed by atoms with Gasteiger partial charge in [0.2, 0.25) is 0 Å². The number of carbonyl (C=O) groups excluding carboxylic acids is 1. The van der Waals surface area contributed by atoms with Gasteiger partial charge in [0, 0.05) is 50.2 Å². The third-order valence-electron chi connectivity index (χ3n) is 5.06. The minimum atomic E-state index is 0.124. The van der Waals surface area contributed by atoms with E-state index in [2.05, 4.69) is 27.5 Å². The van der Waals surface area contributed by atoms with Gasteiger partial charge in [-0.25, -0.2) is 4.79 Å². The molecule has 24 heavy (non-hydrogen) atoms. The molecule has 1 aromatic heterocycles. The zero-order chi connectivity index (χ0) is 16.8. The number of urea groups is 1. The summed E-state index contributed by atoms with van der Waals surface area (Å²) in [7, 11) is 0. The quantitative estimate of drug-likeness (QED) is 0.909. The molecular formula is C18H28N4OS. The largest absolute Gasteiger partial charge is 0.335 e. The van der Waals surface area contributed by atoms with E-state index in [0.717, 1.165) is 51.3 Å². The second-order valence-electron chi connectivity index (χ2n) is 6.76. The molecule has 132 valence electrons. The van der Waals surface area contributed by atoms with E-state index in [4.69, 9.17) is 0 Å². The van der Waals surface area contributed by atoms with Crippen LogP contribution in [0, 0.1) is 0 Å². The molecule has 2 atom stereocenters. The van der Waals surface area contributed by atoms with Crippen LogP contribution in [-0.4, -0.2) is 64.5 Å². The highest BCUT2D eigenvalue weighted by molar-refractivity contribution is 7.99. The van der Waals surface area contributed by atoms with Gasteiger partial charge in [0.05, 0.1) is 5.69 Å². The van der Waals surface area contributed by atoms with E-state index in [-0.39, 0.29) is 6.03 Å². The van der Waals surface area contributed by atoms with Crippen LogP contribution in [-0.2, 0) is 6.54 Å².